The summed E-state index contributed by atoms with van der Waals surface area (Å²) >= 11 is 0. The van der Waals surface area contributed by atoms with Gasteiger partial charge in [0.05, 0.1) is 0 Å². The molecule has 1 aliphatic rings. The second-order valence-electron chi connectivity index (χ2n) is 5.16. The van der Waals surface area contributed by atoms with Crippen LogP contribution in [-0.2, 0) is 4.79 Å². The lowest BCUT2D eigenvalue weighted by atomic mass is 9.88. The fourth-order valence-electron chi connectivity index (χ4n) is 2.39. The number of carbonyl (C=O) groups excluding carboxylic acids is 1. The molecule has 0 atom stereocenters. The SMILES string of the molecule is CC1(C(=O)NCCCCCCO)CCCC1. The zero-order valence-electron chi connectivity index (χ0n) is 10.4. The van der Waals surface area contributed by atoms with Crippen molar-refractivity contribution in [3.8, 4) is 0 Å². The van der Waals surface area contributed by atoms with Crippen molar-refractivity contribution in [2.45, 2.75) is 58.3 Å². The molecular formula is C13H25NO2. The summed E-state index contributed by atoms with van der Waals surface area (Å²) < 4.78 is 0. The van der Waals surface area contributed by atoms with Crippen molar-refractivity contribution in [2.75, 3.05) is 13.2 Å². The molecule has 0 unspecified atom stereocenters. The van der Waals surface area contributed by atoms with Crippen molar-refractivity contribution in [1.82, 2.24) is 5.32 Å². The maximum atomic E-state index is 11.9. The van der Waals surface area contributed by atoms with Crippen molar-refractivity contribution in [3.63, 3.8) is 0 Å². The standard InChI is InChI=1S/C13H25NO2/c1-13(8-4-5-9-13)12(16)14-10-6-2-3-7-11-15/h15H,2-11H2,1H3,(H,14,16). The van der Waals surface area contributed by atoms with Gasteiger partial charge in [-0.2, -0.15) is 0 Å². The summed E-state index contributed by atoms with van der Waals surface area (Å²) in [4.78, 5) is 11.9. The molecule has 0 aliphatic heterocycles. The Balaban J connectivity index is 2.06. The third-order valence-electron chi connectivity index (χ3n) is 3.63. The van der Waals surface area contributed by atoms with E-state index in [9.17, 15) is 4.79 Å². The zero-order valence-corrected chi connectivity index (χ0v) is 10.4. The molecule has 1 aliphatic carbocycles. The van der Waals surface area contributed by atoms with Crippen LogP contribution in [0.3, 0.4) is 0 Å². The van der Waals surface area contributed by atoms with Crippen molar-refractivity contribution in [1.29, 1.82) is 0 Å². The Morgan fingerprint density at radius 1 is 1.19 bits per heavy atom. The van der Waals surface area contributed by atoms with Crippen molar-refractivity contribution in [3.05, 3.63) is 0 Å². The van der Waals surface area contributed by atoms with Crippen LogP contribution in [0.5, 0.6) is 0 Å². The number of aliphatic hydroxyl groups excluding tert-OH is 1. The molecule has 3 nitrogen and oxygen atoms in total. The summed E-state index contributed by atoms with van der Waals surface area (Å²) in [5.74, 6) is 0.243. The van der Waals surface area contributed by atoms with Crippen LogP contribution in [0.4, 0.5) is 0 Å². The highest BCUT2D eigenvalue weighted by Crippen LogP contribution is 2.37. The quantitative estimate of drug-likeness (QED) is 0.655. The van der Waals surface area contributed by atoms with E-state index in [2.05, 4.69) is 12.2 Å². The van der Waals surface area contributed by atoms with Gasteiger partial charge in [-0.1, -0.05) is 32.6 Å². The highest BCUT2D eigenvalue weighted by atomic mass is 16.2. The van der Waals surface area contributed by atoms with Gasteiger partial charge >= 0.3 is 0 Å². The lowest BCUT2D eigenvalue weighted by Gasteiger charge is -2.22. The smallest absolute Gasteiger partial charge is 0.225 e. The Hall–Kier alpha value is -0.570. The number of unbranched alkanes of at least 4 members (excludes halogenated alkanes) is 3. The van der Waals surface area contributed by atoms with E-state index in [1.54, 1.807) is 0 Å². The first kappa shape index (κ1) is 13.5. The van der Waals surface area contributed by atoms with Gasteiger partial charge in [-0.3, -0.25) is 4.79 Å². The molecule has 0 radical (unpaired) electrons. The van der Waals surface area contributed by atoms with E-state index in [-0.39, 0.29) is 17.9 Å². The number of hydrogen-bond acceptors (Lipinski definition) is 2. The van der Waals surface area contributed by atoms with Crippen molar-refractivity contribution in [2.24, 2.45) is 5.41 Å². The molecule has 1 saturated carbocycles. The molecule has 0 saturated heterocycles. The Morgan fingerprint density at radius 2 is 1.81 bits per heavy atom. The fourth-order valence-corrected chi connectivity index (χ4v) is 2.39. The topological polar surface area (TPSA) is 49.3 Å². The van der Waals surface area contributed by atoms with E-state index in [1.165, 1.54) is 12.8 Å². The fraction of sp³-hybridized carbons (Fsp3) is 0.923. The molecule has 0 spiro atoms. The average molecular weight is 227 g/mol. The third-order valence-corrected chi connectivity index (χ3v) is 3.63. The first-order chi connectivity index (χ1) is 7.69. The number of rotatable bonds is 7. The molecular weight excluding hydrogens is 202 g/mol. The third kappa shape index (κ3) is 4.12. The highest BCUT2D eigenvalue weighted by molar-refractivity contribution is 5.82. The summed E-state index contributed by atoms with van der Waals surface area (Å²) in [5.41, 5.74) is -0.0922. The largest absolute Gasteiger partial charge is 0.396 e. The van der Waals surface area contributed by atoms with Crippen LogP contribution in [-0.4, -0.2) is 24.2 Å². The first-order valence-corrected chi connectivity index (χ1v) is 6.58. The Labute approximate surface area is 98.6 Å². The second kappa shape index (κ2) is 6.89. The van der Waals surface area contributed by atoms with E-state index >= 15 is 0 Å². The van der Waals surface area contributed by atoms with Gasteiger partial charge in [-0.15, -0.1) is 0 Å². The van der Waals surface area contributed by atoms with Gasteiger partial charge in [0, 0.05) is 18.6 Å². The van der Waals surface area contributed by atoms with Crippen LogP contribution in [0.1, 0.15) is 58.3 Å². The predicted molar refractivity (Wildman–Crippen MR) is 65.1 cm³/mol. The molecule has 1 rings (SSSR count). The summed E-state index contributed by atoms with van der Waals surface area (Å²) in [6.45, 7) is 3.16. The molecule has 2 N–H and O–H groups in total. The number of nitrogens with one attached hydrogen (secondary N) is 1. The minimum absolute atomic E-state index is 0.0922. The molecule has 3 heteroatoms. The lowest BCUT2D eigenvalue weighted by molar-refractivity contribution is -0.129. The van der Waals surface area contributed by atoms with Gasteiger partial charge in [0.2, 0.25) is 5.91 Å². The van der Waals surface area contributed by atoms with Crippen LogP contribution in [0, 0.1) is 5.41 Å². The Bertz CT molecular complexity index is 210. The van der Waals surface area contributed by atoms with Gasteiger partial charge < -0.3 is 10.4 Å². The zero-order chi connectivity index (χ0) is 11.9. The molecule has 94 valence electrons. The van der Waals surface area contributed by atoms with E-state index in [0.29, 0.717) is 0 Å². The van der Waals surface area contributed by atoms with Crippen LogP contribution in [0.15, 0.2) is 0 Å². The van der Waals surface area contributed by atoms with E-state index in [0.717, 1.165) is 45.1 Å². The molecule has 0 aromatic rings. The lowest BCUT2D eigenvalue weighted by Crippen LogP contribution is -2.37. The predicted octanol–water partition coefficient (Wildman–Crippen LogP) is 2.24. The van der Waals surface area contributed by atoms with Gasteiger partial charge in [-0.25, -0.2) is 0 Å². The van der Waals surface area contributed by atoms with Crippen LogP contribution in [0.2, 0.25) is 0 Å². The number of amides is 1. The van der Waals surface area contributed by atoms with Crippen molar-refractivity contribution >= 4 is 5.91 Å². The summed E-state index contributed by atoms with van der Waals surface area (Å²) in [6, 6.07) is 0. The maximum Gasteiger partial charge on any atom is 0.225 e. The van der Waals surface area contributed by atoms with Crippen LogP contribution >= 0.6 is 0 Å². The Morgan fingerprint density at radius 3 is 2.44 bits per heavy atom. The second-order valence-corrected chi connectivity index (χ2v) is 5.16. The highest BCUT2D eigenvalue weighted by Gasteiger charge is 2.35. The normalized spacial score (nSPS) is 18.6. The van der Waals surface area contributed by atoms with E-state index < -0.39 is 0 Å². The monoisotopic (exact) mass is 227 g/mol. The number of aliphatic hydroxyl groups is 1. The molecule has 16 heavy (non-hydrogen) atoms. The molecule has 0 aromatic heterocycles. The average Bonchev–Trinajstić information content (AvgIpc) is 2.71. The summed E-state index contributed by atoms with van der Waals surface area (Å²) in [7, 11) is 0. The number of carbonyl (C=O) groups is 1. The van der Waals surface area contributed by atoms with Gasteiger partial charge in [-0.05, 0) is 25.7 Å². The molecule has 0 heterocycles. The molecule has 1 amide bonds. The van der Waals surface area contributed by atoms with Gasteiger partial charge in [0.1, 0.15) is 0 Å². The summed E-state index contributed by atoms with van der Waals surface area (Å²) in [5, 5.41) is 11.7. The maximum absolute atomic E-state index is 11.9. The molecule has 0 aromatic carbocycles. The minimum atomic E-state index is -0.0922. The summed E-state index contributed by atoms with van der Waals surface area (Å²) in [6.07, 6.45) is 8.54. The van der Waals surface area contributed by atoms with E-state index in [1.807, 2.05) is 0 Å². The van der Waals surface area contributed by atoms with Crippen molar-refractivity contribution < 1.29 is 9.90 Å². The van der Waals surface area contributed by atoms with E-state index in [4.69, 9.17) is 5.11 Å². The van der Waals surface area contributed by atoms with Gasteiger partial charge in [0.25, 0.3) is 0 Å². The molecule has 1 fully saturated rings. The minimum Gasteiger partial charge on any atom is -0.396 e. The number of hydrogen-bond donors (Lipinski definition) is 2. The Kier molecular flexibility index (Phi) is 5.81. The van der Waals surface area contributed by atoms with Crippen LogP contribution < -0.4 is 5.32 Å². The molecule has 0 bridgehead atoms. The first-order valence-electron chi connectivity index (χ1n) is 6.58. The van der Waals surface area contributed by atoms with Crippen LogP contribution in [0.25, 0.3) is 0 Å². The van der Waals surface area contributed by atoms with Gasteiger partial charge in [0.15, 0.2) is 0 Å².